The number of aromatic nitrogens is 2. The predicted octanol–water partition coefficient (Wildman–Crippen LogP) is 3.14. The van der Waals surface area contributed by atoms with Crippen LogP contribution in [0.4, 0.5) is 11.5 Å². The molecular weight excluding hydrogens is 344 g/mol. The van der Waals surface area contributed by atoms with E-state index in [1.165, 1.54) is 14.2 Å². The molecule has 8 heteroatoms. The number of carbonyl (C=O) groups excluding carboxylic acids is 1. The maximum absolute atomic E-state index is 11.8. The fourth-order valence-corrected chi connectivity index (χ4v) is 2.55. The summed E-state index contributed by atoms with van der Waals surface area (Å²) in [6.07, 6.45) is 0. The van der Waals surface area contributed by atoms with Crippen molar-refractivity contribution < 1.29 is 14.3 Å². The van der Waals surface area contributed by atoms with Gasteiger partial charge in [-0.25, -0.2) is 9.97 Å². The molecule has 1 aromatic heterocycles. The second kappa shape index (κ2) is 6.82. The standard InChI is InChI=1S/C17H15ClN4O3/c1-24-9-7-12(14(18)13(8-9)25-2)22-17-15(16(19)23)20-10-5-3-4-6-11(10)21-17/h3-8H,1-2H3,(H2,19,23)(H,21,22). The summed E-state index contributed by atoms with van der Waals surface area (Å²) in [6.45, 7) is 0. The molecule has 0 aliphatic rings. The lowest BCUT2D eigenvalue weighted by molar-refractivity contribution is 0.0996. The van der Waals surface area contributed by atoms with E-state index in [4.69, 9.17) is 26.8 Å². The Morgan fingerprint density at radius 1 is 1.12 bits per heavy atom. The molecule has 25 heavy (non-hydrogen) atoms. The summed E-state index contributed by atoms with van der Waals surface area (Å²) >= 11 is 6.33. The highest BCUT2D eigenvalue weighted by Crippen LogP contribution is 2.38. The van der Waals surface area contributed by atoms with Gasteiger partial charge in [0.25, 0.3) is 5.91 Å². The Labute approximate surface area is 148 Å². The molecule has 7 nitrogen and oxygen atoms in total. The number of hydrogen-bond acceptors (Lipinski definition) is 6. The van der Waals surface area contributed by atoms with Gasteiger partial charge < -0.3 is 20.5 Å². The van der Waals surface area contributed by atoms with Crippen LogP contribution in [0.3, 0.4) is 0 Å². The number of anilines is 2. The van der Waals surface area contributed by atoms with Crippen molar-refractivity contribution in [3.05, 3.63) is 47.1 Å². The Kier molecular flexibility index (Phi) is 4.58. The average Bonchev–Trinajstić information content (AvgIpc) is 2.62. The lowest BCUT2D eigenvalue weighted by atomic mass is 10.2. The molecule has 3 aromatic rings. The number of carbonyl (C=O) groups is 1. The van der Waals surface area contributed by atoms with E-state index in [0.29, 0.717) is 33.2 Å². The van der Waals surface area contributed by atoms with Gasteiger partial charge in [-0.3, -0.25) is 4.79 Å². The van der Waals surface area contributed by atoms with Gasteiger partial charge in [0.2, 0.25) is 0 Å². The number of nitrogens with zero attached hydrogens (tertiary/aromatic N) is 2. The van der Waals surface area contributed by atoms with Gasteiger partial charge >= 0.3 is 0 Å². The van der Waals surface area contributed by atoms with Crippen LogP contribution in [0, 0.1) is 0 Å². The first-order valence-corrected chi connectivity index (χ1v) is 7.66. The molecule has 0 fully saturated rings. The summed E-state index contributed by atoms with van der Waals surface area (Å²) in [6, 6.07) is 10.5. The zero-order valence-corrected chi connectivity index (χ0v) is 14.3. The number of para-hydroxylation sites is 2. The maximum atomic E-state index is 11.8. The number of methoxy groups -OCH3 is 2. The number of benzene rings is 2. The van der Waals surface area contributed by atoms with Crippen LogP contribution in [0.25, 0.3) is 11.0 Å². The van der Waals surface area contributed by atoms with Crippen LogP contribution < -0.4 is 20.5 Å². The topological polar surface area (TPSA) is 99.4 Å². The first kappa shape index (κ1) is 16.8. The van der Waals surface area contributed by atoms with E-state index in [0.717, 1.165) is 0 Å². The van der Waals surface area contributed by atoms with Crippen molar-refractivity contribution in [2.75, 3.05) is 19.5 Å². The number of ether oxygens (including phenoxy) is 2. The molecule has 0 saturated carbocycles. The van der Waals surface area contributed by atoms with Gasteiger partial charge in [0.1, 0.15) is 16.5 Å². The molecule has 0 radical (unpaired) electrons. The lowest BCUT2D eigenvalue weighted by Crippen LogP contribution is -2.16. The van der Waals surface area contributed by atoms with Crippen LogP contribution in [0.1, 0.15) is 10.5 Å². The van der Waals surface area contributed by atoms with Crippen LogP contribution in [0.2, 0.25) is 5.02 Å². The number of rotatable bonds is 5. The van der Waals surface area contributed by atoms with Crippen molar-refractivity contribution in [1.82, 2.24) is 9.97 Å². The summed E-state index contributed by atoms with van der Waals surface area (Å²) in [5, 5.41) is 3.31. The summed E-state index contributed by atoms with van der Waals surface area (Å²) in [7, 11) is 3.02. The number of nitrogens with one attached hydrogen (secondary N) is 1. The highest BCUT2D eigenvalue weighted by Gasteiger charge is 2.17. The Bertz CT molecular complexity index is 962. The van der Waals surface area contributed by atoms with E-state index in [1.807, 2.05) is 6.07 Å². The first-order chi connectivity index (χ1) is 12.0. The van der Waals surface area contributed by atoms with Crippen molar-refractivity contribution in [2.24, 2.45) is 5.73 Å². The third-order valence-electron chi connectivity index (χ3n) is 3.53. The van der Waals surface area contributed by atoms with Crippen molar-refractivity contribution >= 4 is 40.0 Å². The number of primary amides is 1. The lowest BCUT2D eigenvalue weighted by Gasteiger charge is -2.14. The number of fused-ring (bicyclic) bond motifs is 1. The molecule has 3 rings (SSSR count). The third kappa shape index (κ3) is 3.27. The smallest absolute Gasteiger partial charge is 0.271 e. The maximum Gasteiger partial charge on any atom is 0.271 e. The molecule has 2 aromatic carbocycles. The van der Waals surface area contributed by atoms with Crippen molar-refractivity contribution in [3.63, 3.8) is 0 Å². The molecule has 0 unspecified atom stereocenters. The fourth-order valence-electron chi connectivity index (χ4n) is 2.32. The third-order valence-corrected chi connectivity index (χ3v) is 3.92. The molecule has 0 aliphatic carbocycles. The quantitative estimate of drug-likeness (QED) is 0.726. The summed E-state index contributed by atoms with van der Waals surface area (Å²) < 4.78 is 10.5. The number of hydrogen-bond donors (Lipinski definition) is 2. The van der Waals surface area contributed by atoms with Crippen LogP contribution >= 0.6 is 11.6 Å². The summed E-state index contributed by atoms with van der Waals surface area (Å²) in [5.74, 6) is 0.436. The minimum atomic E-state index is -0.702. The molecule has 128 valence electrons. The molecule has 0 bridgehead atoms. The normalized spacial score (nSPS) is 10.5. The fraction of sp³-hybridized carbons (Fsp3) is 0.118. The SMILES string of the molecule is COc1cc(Nc2nc3ccccc3nc2C(N)=O)c(Cl)c(OC)c1. The van der Waals surface area contributed by atoms with Crippen molar-refractivity contribution in [2.45, 2.75) is 0 Å². The predicted molar refractivity (Wildman–Crippen MR) is 95.9 cm³/mol. The number of halogens is 1. The zero-order chi connectivity index (χ0) is 18.0. The molecule has 3 N–H and O–H groups in total. The highest BCUT2D eigenvalue weighted by atomic mass is 35.5. The highest BCUT2D eigenvalue weighted by molar-refractivity contribution is 6.35. The molecule has 0 saturated heterocycles. The van der Waals surface area contributed by atoms with E-state index in [9.17, 15) is 4.79 Å². The van der Waals surface area contributed by atoms with Gasteiger partial charge in [0.05, 0.1) is 30.9 Å². The van der Waals surface area contributed by atoms with Crippen LogP contribution in [0.5, 0.6) is 11.5 Å². The van der Waals surface area contributed by atoms with Crippen molar-refractivity contribution in [1.29, 1.82) is 0 Å². The monoisotopic (exact) mass is 358 g/mol. The van der Waals surface area contributed by atoms with Crippen molar-refractivity contribution in [3.8, 4) is 11.5 Å². The molecule has 0 atom stereocenters. The minimum absolute atomic E-state index is 0.0107. The Hall–Kier alpha value is -3.06. The number of nitrogens with two attached hydrogens (primary N) is 1. The van der Waals surface area contributed by atoms with Crippen LogP contribution in [-0.2, 0) is 0 Å². The molecular formula is C17H15ClN4O3. The van der Waals surface area contributed by atoms with E-state index in [-0.39, 0.29) is 11.5 Å². The van der Waals surface area contributed by atoms with Crippen LogP contribution in [-0.4, -0.2) is 30.1 Å². The first-order valence-electron chi connectivity index (χ1n) is 7.28. The Morgan fingerprint density at radius 2 is 1.80 bits per heavy atom. The summed E-state index contributed by atoms with van der Waals surface area (Å²) in [5.41, 5.74) is 7.08. The van der Waals surface area contributed by atoms with Gasteiger partial charge in [0, 0.05) is 12.1 Å². The Balaban J connectivity index is 2.14. The summed E-state index contributed by atoms with van der Waals surface area (Å²) in [4.78, 5) is 20.5. The minimum Gasteiger partial charge on any atom is -0.497 e. The second-order valence-electron chi connectivity index (χ2n) is 5.09. The second-order valence-corrected chi connectivity index (χ2v) is 5.47. The molecule has 1 heterocycles. The van der Waals surface area contributed by atoms with E-state index >= 15 is 0 Å². The molecule has 0 aliphatic heterocycles. The molecule has 1 amide bonds. The van der Waals surface area contributed by atoms with Gasteiger partial charge in [-0.05, 0) is 12.1 Å². The van der Waals surface area contributed by atoms with E-state index in [2.05, 4.69) is 15.3 Å². The van der Waals surface area contributed by atoms with Gasteiger partial charge in [-0.15, -0.1) is 0 Å². The van der Waals surface area contributed by atoms with Crippen LogP contribution in [0.15, 0.2) is 36.4 Å². The van der Waals surface area contributed by atoms with E-state index < -0.39 is 5.91 Å². The van der Waals surface area contributed by atoms with Gasteiger partial charge in [0.15, 0.2) is 11.5 Å². The zero-order valence-electron chi connectivity index (χ0n) is 13.5. The largest absolute Gasteiger partial charge is 0.497 e. The van der Waals surface area contributed by atoms with Gasteiger partial charge in [-0.1, -0.05) is 23.7 Å². The average molecular weight is 359 g/mol. The Morgan fingerprint density at radius 3 is 2.40 bits per heavy atom. The number of amides is 1. The van der Waals surface area contributed by atoms with E-state index in [1.54, 1.807) is 30.3 Å². The molecule has 0 spiro atoms. The van der Waals surface area contributed by atoms with Gasteiger partial charge in [-0.2, -0.15) is 0 Å².